The number of aryl methyl sites for hydroxylation is 3. The number of amides is 2. The monoisotopic (exact) mass is 273 g/mol. The van der Waals surface area contributed by atoms with Gasteiger partial charge in [-0.05, 0) is 43.5 Å². The molecule has 0 saturated heterocycles. The van der Waals surface area contributed by atoms with E-state index in [-0.39, 0.29) is 6.03 Å². The third-order valence-corrected chi connectivity index (χ3v) is 3.09. The largest absolute Gasteiger partial charge is 0.338 e. The van der Waals surface area contributed by atoms with E-state index in [1.807, 2.05) is 32.0 Å². The number of hydrogen-bond donors (Lipinski definition) is 2. The highest BCUT2D eigenvalue weighted by Crippen LogP contribution is 2.13. The Labute approximate surface area is 118 Å². The van der Waals surface area contributed by atoms with Crippen LogP contribution in [0.5, 0.6) is 0 Å². The second kappa shape index (κ2) is 6.70. The SMILES string of the molecule is Cc1ccc(NC(=O)NCCCn2ccnn2)cc1C. The first-order valence-electron chi connectivity index (χ1n) is 6.61. The summed E-state index contributed by atoms with van der Waals surface area (Å²) in [4.78, 5) is 11.7. The first-order chi connectivity index (χ1) is 9.65. The molecule has 2 aromatic rings. The zero-order chi connectivity index (χ0) is 14.4. The van der Waals surface area contributed by atoms with Gasteiger partial charge in [0.2, 0.25) is 0 Å². The van der Waals surface area contributed by atoms with Crippen LogP contribution in [0.15, 0.2) is 30.6 Å². The molecule has 0 saturated carbocycles. The van der Waals surface area contributed by atoms with Crippen LogP contribution in [0.4, 0.5) is 10.5 Å². The van der Waals surface area contributed by atoms with E-state index in [1.54, 1.807) is 17.1 Å². The Balaban J connectivity index is 1.71. The number of hydrogen-bond acceptors (Lipinski definition) is 3. The van der Waals surface area contributed by atoms with Gasteiger partial charge in [0.25, 0.3) is 0 Å². The van der Waals surface area contributed by atoms with Gasteiger partial charge in [0.1, 0.15) is 0 Å². The van der Waals surface area contributed by atoms with Crippen LogP contribution >= 0.6 is 0 Å². The fraction of sp³-hybridized carbons (Fsp3) is 0.357. The summed E-state index contributed by atoms with van der Waals surface area (Å²) < 4.78 is 1.74. The Kier molecular flexibility index (Phi) is 4.70. The number of urea groups is 1. The van der Waals surface area contributed by atoms with Crippen molar-refractivity contribution < 1.29 is 4.79 Å². The van der Waals surface area contributed by atoms with Gasteiger partial charge < -0.3 is 10.6 Å². The minimum atomic E-state index is -0.188. The van der Waals surface area contributed by atoms with Crippen molar-refractivity contribution in [3.05, 3.63) is 41.7 Å². The highest BCUT2D eigenvalue weighted by molar-refractivity contribution is 5.89. The molecule has 0 bridgehead atoms. The summed E-state index contributed by atoms with van der Waals surface area (Å²) in [6.07, 6.45) is 4.25. The van der Waals surface area contributed by atoms with Crippen molar-refractivity contribution in [3.8, 4) is 0 Å². The number of carbonyl (C=O) groups is 1. The quantitative estimate of drug-likeness (QED) is 0.819. The molecule has 6 nitrogen and oxygen atoms in total. The van der Waals surface area contributed by atoms with Gasteiger partial charge in [0, 0.05) is 25.0 Å². The van der Waals surface area contributed by atoms with E-state index < -0.39 is 0 Å². The lowest BCUT2D eigenvalue weighted by molar-refractivity contribution is 0.251. The van der Waals surface area contributed by atoms with E-state index in [1.165, 1.54) is 5.56 Å². The predicted octanol–water partition coefficient (Wildman–Crippen LogP) is 2.11. The van der Waals surface area contributed by atoms with Crippen molar-refractivity contribution in [2.45, 2.75) is 26.8 Å². The van der Waals surface area contributed by atoms with E-state index in [0.29, 0.717) is 6.54 Å². The Morgan fingerprint density at radius 2 is 2.15 bits per heavy atom. The molecular formula is C14H19N5O. The molecule has 0 fully saturated rings. The van der Waals surface area contributed by atoms with Gasteiger partial charge in [-0.2, -0.15) is 0 Å². The Bertz CT molecular complexity index is 565. The first kappa shape index (κ1) is 14.0. The summed E-state index contributed by atoms with van der Waals surface area (Å²) in [7, 11) is 0. The van der Waals surface area contributed by atoms with Crippen molar-refractivity contribution in [1.29, 1.82) is 0 Å². The summed E-state index contributed by atoms with van der Waals surface area (Å²) in [5.74, 6) is 0. The third-order valence-electron chi connectivity index (χ3n) is 3.09. The van der Waals surface area contributed by atoms with E-state index in [9.17, 15) is 4.79 Å². The van der Waals surface area contributed by atoms with Crippen LogP contribution in [-0.2, 0) is 6.54 Å². The molecule has 2 rings (SSSR count). The van der Waals surface area contributed by atoms with E-state index in [0.717, 1.165) is 24.2 Å². The van der Waals surface area contributed by atoms with Gasteiger partial charge in [-0.1, -0.05) is 11.3 Å². The molecule has 2 amide bonds. The second-order valence-electron chi connectivity index (χ2n) is 4.70. The van der Waals surface area contributed by atoms with E-state index in [4.69, 9.17) is 0 Å². The van der Waals surface area contributed by atoms with Crippen molar-refractivity contribution >= 4 is 11.7 Å². The van der Waals surface area contributed by atoms with E-state index >= 15 is 0 Å². The van der Waals surface area contributed by atoms with Crippen LogP contribution in [0.25, 0.3) is 0 Å². The molecule has 1 aromatic heterocycles. The zero-order valence-corrected chi connectivity index (χ0v) is 11.8. The summed E-state index contributed by atoms with van der Waals surface area (Å²) in [6.45, 7) is 5.40. The number of benzene rings is 1. The number of rotatable bonds is 5. The van der Waals surface area contributed by atoms with Crippen molar-refractivity contribution in [3.63, 3.8) is 0 Å². The summed E-state index contributed by atoms with van der Waals surface area (Å²) in [6, 6.07) is 5.67. The smallest absolute Gasteiger partial charge is 0.319 e. The number of anilines is 1. The van der Waals surface area contributed by atoms with Crippen LogP contribution < -0.4 is 10.6 Å². The second-order valence-corrected chi connectivity index (χ2v) is 4.70. The molecule has 1 aromatic carbocycles. The van der Waals surface area contributed by atoms with E-state index in [2.05, 4.69) is 20.9 Å². The van der Waals surface area contributed by atoms with Crippen LogP contribution in [-0.4, -0.2) is 27.6 Å². The molecule has 0 aliphatic heterocycles. The Hall–Kier alpha value is -2.37. The lowest BCUT2D eigenvalue weighted by atomic mass is 10.1. The molecule has 2 N–H and O–H groups in total. The Morgan fingerprint density at radius 1 is 1.30 bits per heavy atom. The fourth-order valence-electron chi connectivity index (χ4n) is 1.79. The average Bonchev–Trinajstić information content (AvgIpc) is 2.92. The molecule has 0 atom stereocenters. The number of carbonyl (C=O) groups excluding carboxylic acids is 1. The molecule has 0 radical (unpaired) electrons. The van der Waals surface area contributed by atoms with Gasteiger partial charge >= 0.3 is 6.03 Å². The molecule has 0 aliphatic rings. The maximum atomic E-state index is 11.7. The van der Waals surface area contributed by atoms with Crippen LogP contribution in [0.2, 0.25) is 0 Å². The fourth-order valence-corrected chi connectivity index (χ4v) is 1.79. The minimum Gasteiger partial charge on any atom is -0.338 e. The predicted molar refractivity (Wildman–Crippen MR) is 77.6 cm³/mol. The molecule has 0 unspecified atom stereocenters. The standard InChI is InChI=1S/C14H19N5O/c1-11-4-5-13(10-12(11)2)17-14(20)15-6-3-8-19-9-7-16-18-19/h4-5,7,9-10H,3,6,8H2,1-2H3,(H2,15,17,20). The van der Waals surface area contributed by atoms with Crippen molar-refractivity contribution in [2.24, 2.45) is 0 Å². The lowest BCUT2D eigenvalue weighted by Crippen LogP contribution is -2.30. The number of aromatic nitrogens is 3. The maximum absolute atomic E-state index is 11.7. The topological polar surface area (TPSA) is 71.8 Å². The Morgan fingerprint density at radius 3 is 2.85 bits per heavy atom. The normalized spacial score (nSPS) is 10.3. The molecule has 20 heavy (non-hydrogen) atoms. The molecule has 1 heterocycles. The highest BCUT2D eigenvalue weighted by Gasteiger charge is 2.02. The highest BCUT2D eigenvalue weighted by atomic mass is 16.2. The van der Waals surface area contributed by atoms with Gasteiger partial charge in [-0.25, -0.2) is 4.79 Å². The zero-order valence-electron chi connectivity index (χ0n) is 11.8. The van der Waals surface area contributed by atoms with Gasteiger partial charge in [-0.15, -0.1) is 5.10 Å². The first-order valence-corrected chi connectivity index (χ1v) is 6.61. The van der Waals surface area contributed by atoms with Gasteiger partial charge in [0.05, 0.1) is 6.20 Å². The summed E-state index contributed by atoms with van der Waals surface area (Å²) in [5.41, 5.74) is 3.18. The molecule has 106 valence electrons. The third kappa shape index (κ3) is 4.08. The molecule has 6 heteroatoms. The summed E-state index contributed by atoms with van der Waals surface area (Å²) >= 11 is 0. The number of nitrogens with zero attached hydrogens (tertiary/aromatic N) is 3. The summed E-state index contributed by atoms with van der Waals surface area (Å²) in [5, 5.41) is 13.2. The van der Waals surface area contributed by atoms with Gasteiger partial charge in [0.15, 0.2) is 0 Å². The van der Waals surface area contributed by atoms with Crippen LogP contribution in [0.3, 0.4) is 0 Å². The number of nitrogens with one attached hydrogen (secondary N) is 2. The van der Waals surface area contributed by atoms with Gasteiger partial charge in [-0.3, -0.25) is 4.68 Å². The van der Waals surface area contributed by atoms with Crippen LogP contribution in [0.1, 0.15) is 17.5 Å². The molecule has 0 spiro atoms. The average molecular weight is 273 g/mol. The van der Waals surface area contributed by atoms with Crippen LogP contribution in [0, 0.1) is 13.8 Å². The lowest BCUT2D eigenvalue weighted by Gasteiger charge is -2.09. The maximum Gasteiger partial charge on any atom is 0.319 e. The molecule has 0 aliphatic carbocycles. The van der Waals surface area contributed by atoms with Crippen molar-refractivity contribution in [2.75, 3.05) is 11.9 Å². The van der Waals surface area contributed by atoms with Crippen molar-refractivity contribution in [1.82, 2.24) is 20.3 Å². The molecular weight excluding hydrogens is 254 g/mol. The minimum absolute atomic E-state index is 0.188.